The number of nitrogens with one attached hydrogen (secondary N) is 3. The predicted molar refractivity (Wildman–Crippen MR) is 165 cm³/mol. The van der Waals surface area contributed by atoms with Crippen LogP contribution in [0.4, 0.5) is 4.79 Å². The van der Waals surface area contributed by atoms with Crippen LogP contribution < -0.4 is 10.6 Å². The Kier molecular flexibility index (Phi) is 10.7. The second-order valence-corrected chi connectivity index (χ2v) is 12.4. The van der Waals surface area contributed by atoms with Crippen molar-refractivity contribution in [2.75, 3.05) is 26.7 Å². The van der Waals surface area contributed by atoms with Gasteiger partial charge in [0.1, 0.15) is 16.7 Å². The molecule has 1 fully saturated rings. The molecule has 1 atom stereocenters. The van der Waals surface area contributed by atoms with Crippen molar-refractivity contribution in [1.29, 1.82) is 5.41 Å². The van der Waals surface area contributed by atoms with E-state index in [4.69, 9.17) is 19.9 Å². The quantitative estimate of drug-likeness (QED) is 0.131. The number of hydrogen-bond donors (Lipinski definition) is 3. The highest BCUT2D eigenvalue weighted by molar-refractivity contribution is 7.18. The minimum absolute atomic E-state index is 0.0627. The lowest BCUT2D eigenvalue weighted by Crippen LogP contribution is -2.43. The third-order valence-corrected chi connectivity index (χ3v) is 7.69. The summed E-state index contributed by atoms with van der Waals surface area (Å²) < 4.78 is 13.1. The number of rotatable bonds is 8. The molecule has 2 aromatic carbocycles. The van der Waals surface area contributed by atoms with Crippen LogP contribution in [-0.4, -0.2) is 60.3 Å². The van der Waals surface area contributed by atoms with E-state index in [9.17, 15) is 4.79 Å². The van der Waals surface area contributed by atoms with E-state index >= 15 is 0 Å². The van der Waals surface area contributed by atoms with Crippen molar-refractivity contribution in [3.63, 3.8) is 0 Å². The van der Waals surface area contributed by atoms with Crippen LogP contribution in [0.1, 0.15) is 75.1 Å². The van der Waals surface area contributed by atoms with Crippen molar-refractivity contribution >= 4 is 33.6 Å². The number of para-hydroxylation sites is 1. The van der Waals surface area contributed by atoms with E-state index in [1.165, 1.54) is 4.70 Å². The summed E-state index contributed by atoms with van der Waals surface area (Å²) in [6.07, 6.45) is 3.83. The number of thiazole rings is 1. The summed E-state index contributed by atoms with van der Waals surface area (Å²) in [6.45, 7) is 8.01. The van der Waals surface area contributed by atoms with Crippen LogP contribution in [0.3, 0.4) is 0 Å². The van der Waals surface area contributed by atoms with Gasteiger partial charge in [-0.05, 0) is 83.3 Å². The van der Waals surface area contributed by atoms with E-state index in [-0.39, 0.29) is 18.2 Å². The SMILES string of the molecule is CN1CCC(OC(c2cccc(C#CCCCCNC(=N)NC(=O)OC(C)(C)C)c2)c2nc3ccccc3s2)CC1. The smallest absolute Gasteiger partial charge is 0.414 e. The largest absolute Gasteiger partial charge is 0.444 e. The van der Waals surface area contributed by atoms with Gasteiger partial charge in [0, 0.05) is 31.6 Å². The van der Waals surface area contributed by atoms with E-state index < -0.39 is 11.7 Å². The van der Waals surface area contributed by atoms with Gasteiger partial charge >= 0.3 is 6.09 Å². The molecule has 0 radical (unpaired) electrons. The van der Waals surface area contributed by atoms with Gasteiger partial charge in [0.15, 0.2) is 5.96 Å². The average molecular weight is 576 g/mol. The zero-order chi connectivity index (χ0) is 29.2. The van der Waals surface area contributed by atoms with Crippen LogP contribution in [-0.2, 0) is 9.47 Å². The standard InChI is InChI=1S/C32H41N5O3S/c1-32(2,3)40-31(38)36-30(33)34-19-10-6-5-7-12-23-13-11-14-24(22-23)28(39-25-17-20-37(4)21-18-25)29-35-26-15-8-9-16-27(26)41-29/h8-9,11,13-16,22,25,28H,5-6,10,17-21H2,1-4H3,(H3,33,34,36,38). The number of aromatic nitrogens is 1. The van der Waals surface area contributed by atoms with Crippen molar-refractivity contribution in [2.24, 2.45) is 0 Å². The fourth-order valence-electron chi connectivity index (χ4n) is 4.54. The van der Waals surface area contributed by atoms with Crippen LogP contribution in [0.2, 0.25) is 0 Å². The Morgan fingerprint density at radius 1 is 1.17 bits per heavy atom. The van der Waals surface area contributed by atoms with E-state index in [1.807, 2.05) is 18.2 Å². The number of nitrogens with zero attached hydrogens (tertiary/aromatic N) is 2. The van der Waals surface area contributed by atoms with Gasteiger partial charge < -0.3 is 19.7 Å². The molecular formula is C32H41N5O3S. The lowest BCUT2D eigenvalue weighted by atomic mass is 10.0. The van der Waals surface area contributed by atoms with Crippen molar-refractivity contribution in [2.45, 2.75) is 70.7 Å². The Labute approximate surface area is 247 Å². The highest BCUT2D eigenvalue weighted by Gasteiger charge is 2.26. The van der Waals surface area contributed by atoms with Gasteiger partial charge in [-0.25, -0.2) is 9.78 Å². The first-order valence-corrected chi connectivity index (χ1v) is 15.1. The summed E-state index contributed by atoms with van der Waals surface area (Å²) in [5, 5.41) is 14.1. The van der Waals surface area contributed by atoms with Gasteiger partial charge in [-0.1, -0.05) is 36.1 Å². The van der Waals surface area contributed by atoms with Crippen molar-refractivity contribution < 1.29 is 14.3 Å². The Morgan fingerprint density at radius 2 is 1.95 bits per heavy atom. The van der Waals surface area contributed by atoms with Crippen molar-refractivity contribution in [3.8, 4) is 11.8 Å². The number of carbonyl (C=O) groups is 1. The number of amides is 1. The number of carbonyl (C=O) groups excluding carboxylic acids is 1. The van der Waals surface area contributed by atoms with Gasteiger partial charge in [-0.2, -0.15) is 0 Å². The molecule has 8 nitrogen and oxygen atoms in total. The zero-order valence-electron chi connectivity index (χ0n) is 24.5. The predicted octanol–water partition coefficient (Wildman–Crippen LogP) is 6.07. The summed E-state index contributed by atoms with van der Waals surface area (Å²) in [5.41, 5.74) is 2.45. The highest BCUT2D eigenvalue weighted by Crippen LogP contribution is 2.35. The molecule has 1 aliphatic heterocycles. The Bertz CT molecular complexity index is 1350. The van der Waals surface area contributed by atoms with Crippen molar-refractivity contribution in [1.82, 2.24) is 20.5 Å². The number of fused-ring (bicyclic) bond motifs is 1. The topological polar surface area (TPSA) is 99.6 Å². The van der Waals surface area contributed by atoms with Gasteiger partial charge in [0.25, 0.3) is 0 Å². The first-order valence-electron chi connectivity index (χ1n) is 14.3. The molecular weight excluding hydrogens is 534 g/mol. The summed E-state index contributed by atoms with van der Waals surface area (Å²) >= 11 is 1.70. The number of ether oxygens (including phenoxy) is 2. The van der Waals surface area contributed by atoms with E-state index in [1.54, 1.807) is 32.1 Å². The molecule has 0 aliphatic carbocycles. The molecule has 1 saturated heterocycles. The minimum Gasteiger partial charge on any atom is -0.444 e. The summed E-state index contributed by atoms with van der Waals surface area (Å²) in [4.78, 5) is 19.0. The Balaban J connectivity index is 1.32. The van der Waals surface area contributed by atoms with Crippen LogP contribution in [0.25, 0.3) is 10.2 Å². The maximum atomic E-state index is 11.7. The molecule has 1 aromatic heterocycles. The lowest BCUT2D eigenvalue weighted by molar-refractivity contribution is -0.0234. The zero-order valence-corrected chi connectivity index (χ0v) is 25.3. The fourth-order valence-corrected chi connectivity index (χ4v) is 5.57. The first-order chi connectivity index (χ1) is 19.7. The number of piperidine rings is 1. The molecule has 4 rings (SSSR count). The van der Waals surface area contributed by atoms with Crippen LogP contribution in [0, 0.1) is 17.3 Å². The number of benzene rings is 2. The normalized spacial score (nSPS) is 15.1. The second kappa shape index (κ2) is 14.4. The first kappa shape index (κ1) is 30.5. The Hall–Kier alpha value is -3.45. The van der Waals surface area contributed by atoms with Gasteiger partial charge in [0.05, 0.1) is 16.3 Å². The number of guanidine groups is 1. The van der Waals surface area contributed by atoms with Gasteiger partial charge in [0.2, 0.25) is 0 Å². The van der Waals surface area contributed by atoms with E-state index in [2.05, 4.69) is 64.8 Å². The minimum atomic E-state index is -0.634. The maximum absolute atomic E-state index is 11.7. The van der Waals surface area contributed by atoms with Crippen LogP contribution in [0.5, 0.6) is 0 Å². The molecule has 218 valence electrons. The molecule has 3 N–H and O–H groups in total. The molecule has 2 heterocycles. The summed E-state index contributed by atoms with van der Waals surface area (Å²) in [7, 11) is 2.16. The fraction of sp³-hybridized carbons (Fsp3) is 0.469. The maximum Gasteiger partial charge on any atom is 0.414 e. The third-order valence-electron chi connectivity index (χ3n) is 6.61. The lowest BCUT2D eigenvalue weighted by Gasteiger charge is -2.31. The van der Waals surface area contributed by atoms with E-state index in [0.29, 0.717) is 6.54 Å². The van der Waals surface area contributed by atoms with E-state index in [0.717, 1.165) is 66.8 Å². The molecule has 1 amide bonds. The molecule has 1 aliphatic rings. The summed E-state index contributed by atoms with van der Waals surface area (Å²) in [6, 6.07) is 16.6. The van der Waals surface area contributed by atoms with Crippen molar-refractivity contribution in [3.05, 3.63) is 64.7 Å². The Morgan fingerprint density at radius 3 is 2.71 bits per heavy atom. The third kappa shape index (κ3) is 9.85. The average Bonchev–Trinajstić information content (AvgIpc) is 3.35. The molecule has 9 heteroatoms. The monoisotopic (exact) mass is 575 g/mol. The molecule has 0 spiro atoms. The van der Waals surface area contributed by atoms with Crippen LogP contribution >= 0.6 is 11.3 Å². The molecule has 0 bridgehead atoms. The highest BCUT2D eigenvalue weighted by atomic mass is 32.1. The number of hydrogen-bond acceptors (Lipinski definition) is 7. The number of alkyl carbamates (subject to hydrolysis) is 1. The van der Waals surface area contributed by atoms with Gasteiger partial charge in [-0.3, -0.25) is 10.7 Å². The second-order valence-electron chi connectivity index (χ2n) is 11.4. The molecule has 0 saturated carbocycles. The van der Waals surface area contributed by atoms with Gasteiger partial charge in [-0.15, -0.1) is 11.3 Å². The molecule has 3 aromatic rings. The molecule has 1 unspecified atom stereocenters. The number of likely N-dealkylation sites (tertiary alicyclic amines) is 1. The van der Waals surface area contributed by atoms with Crippen LogP contribution in [0.15, 0.2) is 48.5 Å². The molecule has 41 heavy (non-hydrogen) atoms. The summed E-state index contributed by atoms with van der Waals surface area (Å²) in [5.74, 6) is 6.53. The number of unbranched alkanes of at least 4 members (excludes halogenated alkanes) is 2.